The number of hydrogen-bond donors (Lipinski definition) is 20. The normalized spacial score (nSPS) is 51.2. The molecule has 0 aromatic carbocycles. The Labute approximate surface area is 583 Å². The van der Waals surface area contributed by atoms with Crippen molar-refractivity contribution in [3.05, 3.63) is 11.6 Å². The van der Waals surface area contributed by atoms with E-state index in [1.54, 1.807) is 0 Å². The lowest BCUT2D eigenvalue weighted by Crippen LogP contribution is -2.66. The first-order valence-corrected chi connectivity index (χ1v) is 35.2. The largest absolute Gasteiger partial charge is 0.394 e. The number of aliphatic hydroxyl groups excluding tert-OH is 20. The first-order valence-electron chi connectivity index (χ1n) is 35.2. The fraction of sp³-hybridized carbons (Fsp3) is 0.971. The van der Waals surface area contributed by atoms with Crippen molar-refractivity contribution in [3.63, 3.8) is 0 Å². The molecule has 39 atom stereocenters. The van der Waals surface area contributed by atoms with Crippen molar-refractivity contribution in [1.29, 1.82) is 0 Å². The van der Waals surface area contributed by atoms with Gasteiger partial charge in [-0.1, -0.05) is 81.4 Å². The molecule has 0 aromatic rings. The third-order valence-corrected chi connectivity index (χ3v) is 25.1. The molecule has 10 rings (SSSR count). The fourth-order valence-electron chi connectivity index (χ4n) is 18.6. The Bertz CT molecular complexity index is 2630. The Balaban J connectivity index is 0.0000117. The second-order valence-corrected chi connectivity index (χ2v) is 32.2. The molecule has 9 fully saturated rings. The number of allylic oxidation sites excluding steroid dienone is 1. The lowest BCUT2D eigenvalue weighted by atomic mass is 9.39. The summed E-state index contributed by atoms with van der Waals surface area (Å²) in [4.78, 5) is 0. The Kier molecular flexibility index (Phi) is 26.7. The van der Waals surface area contributed by atoms with Crippen LogP contribution in [0.2, 0.25) is 0 Å². The van der Waals surface area contributed by atoms with Gasteiger partial charge < -0.3 is 159 Å². The maximum absolute atomic E-state index is 11.9. The van der Waals surface area contributed by atoms with Crippen LogP contribution in [0, 0.1) is 50.7 Å². The molecule has 10 aliphatic rings. The molecule has 6 saturated heterocycles. The topological polar surface area (TPSA) is 515 Å². The van der Waals surface area contributed by atoms with Gasteiger partial charge in [-0.3, -0.25) is 0 Å². The predicted molar refractivity (Wildman–Crippen MR) is 341 cm³/mol. The van der Waals surface area contributed by atoms with Crippen molar-refractivity contribution in [3.8, 4) is 0 Å². The van der Waals surface area contributed by atoms with Crippen molar-refractivity contribution >= 4 is 0 Å². The highest BCUT2D eigenvalue weighted by molar-refractivity contribution is 5.30. The third-order valence-electron chi connectivity index (χ3n) is 25.1. The Morgan fingerprint density at radius 2 is 0.840 bits per heavy atom. The van der Waals surface area contributed by atoms with Gasteiger partial charge in [-0.05, 0) is 103 Å². The van der Waals surface area contributed by atoms with E-state index in [0.29, 0.717) is 25.7 Å². The molecule has 0 amide bonds. The van der Waals surface area contributed by atoms with Gasteiger partial charge in [0.05, 0.1) is 51.8 Å². The van der Waals surface area contributed by atoms with Crippen LogP contribution < -0.4 is 0 Å². The van der Waals surface area contributed by atoms with Crippen LogP contribution in [0.3, 0.4) is 0 Å². The van der Waals surface area contributed by atoms with E-state index < -0.39 is 247 Å². The number of fused-ring (bicyclic) bond motifs is 5. The van der Waals surface area contributed by atoms with Crippen molar-refractivity contribution in [1.82, 2.24) is 0 Å². The molecule has 3 saturated carbocycles. The molecule has 39 unspecified atom stereocenters. The van der Waals surface area contributed by atoms with Crippen molar-refractivity contribution in [2.75, 3.05) is 39.6 Å². The summed E-state index contributed by atoms with van der Waals surface area (Å²) < 4.78 is 72.8. The van der Waals surface area contributed by atoms with E-state index >= 15 is 0 Å². The second kappa shape index (κ2) is 32.3. The van der Waals surface area contributed by atoms with Gasteiger partial charge in [0.1, 0.15) is 146 Å². The molecular formula is C68H118O32. The lowest BCUT2D eigenvalue weighted by molar-refractivity contribution is -0.379. The maximum atomic E-state index is 11.9. The van der Waals surface area contributed by atoms with Gasteiger partial charge in [0.25, 0.3) is 0 Å². The van der Waals surface area contributed by atoms with Crippen molar-refractivity contribution in [2.24, 2.45) is 50.7 Å². The van der Waals surface area contributed by atoms with Gasteiger partial charge in [-0.2, -0.15) is 0 Å². The van der Waals surface area contributed by atoms with E-state index in [4.69, 9.17) is 56.8 Å². The predicted octanol–water partition coefficient (Wildman–Crippen LogP) is -4.64. The van der Waals surface area contributed by atoms with Crippen LogP contribution in [0.1, 0.15) is 128 Å². The Morgan fingerprint density at radius 3 is 1.28 bits per heavy atom. The summed E-state index contributed by atoms with van der Waals surface area (Å²) in [7, 11) is 0. The van der Waals surface area contributed by atoms with E-state index in [9.17, 15) is 102 Å². The quantitative estimate of drug-likeness (QED) is 0.0453. The first-order chi connectivity index (χ1) is 46.4. The molecule has 582 valence electrons. The van der Waals surface area contributed by atoms with Crippen LogP contribution in [0.15, 0.2) is 11.6 Å². The van der Waals surface area contributed by atoms with E-state index in [0.717, 1.165) is 32.1 Å². The molecule has 6 aliphatic heterocycles. The summed E-state index contributed by atoms with van der Waals surface area (Å²) in [5.41, 5.74) is -0.558. The molecule has 4 aliphatic carbocycles. The number of rotatable bonds is 22. The summed E-state index contributed by atoms with van der Waals surface area (Å²) in [6.07, 6.45) is -42.5. The van der Waals surface area contributed by atoms with E-state index in [-0.39, 0.29) is 47.3 Å². The van der Waals surface area contributed by atoms with Crippen LogP contribution >= 0.6 is 0 Å². The van der Waals surface area contributed by atoms with Crippen molar-refractivity contribution in [2.45, 2.75) is 324 Å². The standard InChI is InChI=1S/C67H114O32.CH4/c1-26(10-14-37(63(2,3)4)96-61-55(98-59-53(86)47(80)41(74)32(22-70)92-59)49(82)43(76)34(94-61)24-88-57-51(84)45(78)39(72)30(20-68)90-57)27-16-17-67(9)36-13-11-28-29(65(36,7)18-19-66(27,67)8)12-15-38(64(28,5)6)97-62-56(99-60-54(87)48(81)42(75)33(23-71)93-60)50(83)44(77)35(95-62)25-89-58-52(85)46(79)40(73)31(21-69)91-58;/h11,26-27,29-62,68-87H,10,12-25H2,1-9H3;1H4. The number of hydrogen-bond acceptors (Lipinski definition) is 32. The zero-order chi connectivity index (χ0) is 72.7. The minimum atomic E-state index is -1.90. The Hall–Kier alpha value is -1.54. The van der Waals surface area contributed by atoms with Crippen LogP contribution in [0.25, 0.3) is 0 Å². The van der Waals surface area contributed by atoms with Gasteiger partial charge in [-0.15, -0.1) is 0 Å². The molecule has 0 aromatic heterocycles. The zero-order valence-electron chi connectivity index (χ0n) is 57.8. The van der Waals surface area contributed by atoms with E-state index in [1.165, 1.54) is 5.57 Å². The molecule has 32 heteroatoms. The second-order valence-electron chi connectivity index (χ2n) is 32.2. The zero-order valence-corrected chi connectivity index (χ0v) is 57.8. The molecule has 0 bridgehead atoms. The average molecular weight is 1450 g/mol. The van der Waals surface area contributed by atoms with Gasteiger partial charge in [0, 0.05) is 5.41 Å². The SMILES string of the molecule is C.CC(CCC(OC1OC(COC2OC(CO)C(O)C(O)C2O)C(O)C(O)C1OC1OC(CO)C(O)C(O)C1O)C(C)(C)C)C1CCC2(C)C3CC=C4C(CCC(OC5OC(COC6OC(CO)C(O)C(O)C6O)C(O)C(O)C5OC5OC(CO)C(O)C(O)C5O)C4(C)C)C3(C)CCC12C. The number of ether oxygens (including phenoxy) is 12. The van der Waals surface area contributed by atoms with Gasteiger partial charge >= 0.3 is 0 Å². The molecule has 100 heavy (non-hydrogen) atoms. The minimum Gasteiger partial charge on any atom is -0.394 e. The Morgan fingerprint density at radius 1 is 0.440 bits per heavy atom. The average Bonchev–Trinajstić information content (AvgIpc) is 1.45. The molecule has 6 heterocycles. The summed E-state index contributed by atoms with van der Waals surface area (Å²) in [5, 5.41) is 215. The highest BCUT2D eigenvalue weighted by Crippen LogP contribution is 2.75. The third kappa shape index (κ3) is 15.3. The molecule has 32 nitrogen and oxygen atoms in total. The van der Waals surface area contributed by atoms with Crippen LogP contribution in [-0.2, 0) is 56.8 Å². The van der Waals surface area contributed by atoms with Crippen LogP contribution in [-0.4, -0.2) is 338 Å². The summed E-state index contributed by atoms with van der Waals surface area (Å²) >= 11 is 0. The molecular weight excluding hydrogens is 1330 g/mol. The molecule has 20 N–H and O–H groups in total. The molecule has 0 spiro atoms. The van der Waals surface area contributed by atoms with Gasteiger partial charge in [0.2, 0.25) is 0 Å². The van der Waals surface area contributed by atoms with Crippen LogP contribution in [0.4, 0.5) is 0 Å². The summed E-state index contributed by atoms with van der Waals surface area (Å²) in [6, 6.07) is 0. The van der Waals surface area contributed by atoms with E-state index in [2.05, 4.69) is 47.6 Å². The van der Waals surface area contributed by atoms with Gasteiger partial charge in [0.15, 0.2) is 37.7 Å². The monoisotopic (exact) mass is 1450 g/mol. The fourth-order valence-corrected chi connectivity index (χ4v) is 18.6. The summed E-state index contributed by atoms with van der Waals surface area (Å²) in [6.45, 7) is 15.4. The highest BCUT2D eigenvalue weighted by atomic mass is 16.8. The minimum absolute atomic E-state index is 0. The summed E-state index contributed by atoms with van der Waals surface area (Å²) in [5.74, 6) is 0.784. The highest BCUT2D eigenvalue weighted by Gasteiger charge is 2.68. The molecule has 0 radical (unpaired) electrons. The van der Waals surface area contributed by atoms with E-state index in [1.807, 2.05) is 20.8 Å². The first kappa shape index (κ1) is 82.5. The maximum Gasteiger partial charge on any atom is 0.187 e. The van der Waals surface area contributed by atoms with Crippen molar-refractivity contribution < 1.29 is 159 Å². The van der Waals surface area contributed by atoms with Crippen LogP contribution in [0.5, 0.6) is 0 Å². The lowest BCUT2D eigenvalue weighted by Gasteiger charge is -2.66. The van der Waals surface area contributed by atoms with Gasteiger partial charge in [-0.25, -0.2) is 0 Å². The smallest absolute Gasteiger partial charge is 0.187 e. The number of aliphatic hydroxyl groups is 20.